The van der Waals surface area contributed by atoms with Crippen LogP contribution < -0.4 is 9.63 Å². The minimum atomic E-state index is 0.0972. The zero-order valence-electron chi connectivity index (χ0n) is 26.2. The van der Waals surface area contributed by atoms with Crippen molar-refractivity contribution < 1.29 is 9.52 Å². The Balaban J connectivity index is 1.08. The number of anilines is 1. The van der Waals surface area contributed by atoms with E-state index in [0.717, 1.165) is 96.6 Å². The Morgan fingerprint density at radius 1 is 0.909 bits per heavy atom. The lowest BCUT2D eigenvalue weighted by Crippen LogP contribution is -2.58. The molecule has 2 aromatic carbocycles. The van der Waals surface area contributed by atoms with Gasteiger partial charge in [-0.3, -0.25) is 14.7 Å². The van der Waals surface area contributed by atoms with Crippen LogP contribution in [0.25, 0.3) is 11.1 Å². The lowest BCUT2D eigenvalue weighted by molar-refractivity contribution is -0.605. The standard InChI is InChI=1S/C37H43N5O2/c1-28-25-31(30-12-21-41(44)22-13-30)26-29(2)35(28)36(43)39-23-16-37(3,17-24-39)40-19-14-34(15-20-40)42(33-10-5-4-6-11-33)27-32-9-7-8-18-38-32/h4-13,18,21-22,25-26,34H,14-17,19-20,23-24,27H2,1-3H3. The number of aromatic nitrogens is 2. The van der Waals surface area contributed by atoms with Crippen LogP contribution in [-0.2, 0) is 6.54 Å². The first-order chi connectivity index (χ1) is 21.3. The molecule has 4 aromatic rings. The molecule has 2 saturated heterocycles. The van der Waals surface area contributed by atoms with Gasteiger partial charge in [-0.2, -0.15) is 4.73 Å². The van der Waals surface area contributed by atoms with E-state index in [1.807, 2.05) is 38.2 Å². The van der Waals surface area contributed by atoms with Crippen LogP contribution in [0.5, 0.6) is 0 Å². The van der Waals surface area contributed by atoms with Crippen molar-refractivity contribution in [1.29, 1.82) is 0 Å². The molecule has 228 valence electrons. The molecule has 0 atom stereocenters. The molecule has 0 aliphatic carbocycles. The van der Waals surface area contributed by atoms with Gasteiger partial charge in [0.1, 0.15) is 0 Å². The molecular weight excluding hydrogens is 546 g/mol. The minimum Gasteiger partial charge on any atom is -0.619 e. The van der Waals surface area contributed by atoms with E-state index in [0.29, 0.717) is 6.04 Å². The zero-order valence-corrected chi connectivity index (χ0v) is 26.2. The fourth-order valence-corrected chi connectivity index (χ4v) is 7.17. The molecule has 1 amide bonds. The van der Waals surface area contributed by atoms with E-state index in [1.165, 1.54) is 18.1 Å². The number of amides is 1. The summed E-state index contributed by atoms with van der Waals surface area (Å²) in [6.45, 7) is 10.9. The van der Waals surface area contributed by atoms with Gasteiger partial charge in [-0.15, -0.1) is 0 Å². The molecule has 0 unspecified atom stereocenters. The number of nitrogens with zero attached hydrogens (tertiary/aromatic N) is 5. The van der Waals surface area contributed by atoms with Crippen molar-refractivity contribution in [2.24, 2.45) is 0 Å². The Bertz CT molecular complexity index is 1540. The van der Waals surface area contributed by atoms with E-state index < -0.39 is 0 Å². The molecule has 0 spiro atoms. The Hall–Kier alpha value is -4.23. The average Bonchev–Trinajstić information content (AvgIpc) is 3.05. The Kier molecular flexibility index (Phi) is 8.67. The van der Waals surface area contributed by atoms with Gasteiger partial charge in [0.25, 0.3) is 5.91 Å². The van der Waals surface area contributed by atoms with Crippen molar-refractivity contribution in [3.05, 3.63) is 119 Å². The summed E-state index contributed by atoms with van der Waals surface area (Å²) in [6, 6.07) is 25.1. The highest BCUT2D eigenvalue weighted by atomic mass is 16.5. The lowest BCUT2D eigenvalue weighted by atomic mass is 9.84. The van der Waals surface area contributed by atoms with Crippen molar-refractivity contribution in [1.82, 2.24) is 14.8 Å². The van der Waals surface area contributed by atoms with E-state index in [-0.39, 0.29) is 11.4 Å². The van der Waals surface area contributed by atoms with Gasteiger partial charge in [-0.25, -0.2) is 0 Å². The van der Waals surface area contributed by atoms with Crippen LogP contribution in [0.2, 0.25) is 0 Å². The maximum atomic E-state index is 13.8. The van der Waals surface area contributed by atoms with E-state index in [1.54, 1.807) is 0 Å². The number of piperidine rings is 2. The van der Waals surface area contributed by atoms with Crippen LogP contribution in [-0.4, -0.2) is 58.5 Å². The molecule has 0 saturated carbocycles. The number of pyridine rings is 2. The summed E-state index contributed by atoms with van der Waals surface area (Å²) < 4.78 is 0.788. The average molecular weight is 590 g/mol. The highest BCUT2D eigenvalue weighted by Crippen LogP contribution is 2.35. The molecular formula is C37H43N5O2. The monoisotopic (exact) mass is 589 g/mol. The summed E-state index contributed by atoms with van der Waals surface area (Å²) in [6.07, 6.45) is 9.08. The van der Waals surface area contributed by atoms with Gasteiger partial charge in [0.2, 0.25) is 0 Å². The Morgan fingerprint density at radius 3 is 2.16 bits per heavy atom. The second-order valence-corrected chi connectivity index (χ2v) is 12.7. The number of carbonyl (C=O) groups excluding carboxylic acids is 1. The lowest BCUT2D eigenvalue weighted by Gasteiger charge is -2.50. The third-order valence-electron chi connectivity index (χ3n) is 9.82. The highest BCUT2D eigenvalue weighted by molar-refractivity contribution is 5.98. The van der Waals surface area contributed by atoms with Crippen LogP contribution >= 0.6 is 0 Å². The number of likely N-dealkylation sites (tertiary alicyclic amines) is 2. The first-order valence-corrected chi connectivity index (χ1v) is 15.9. The topological polar surface area (TPSA) is 66.6 Å². The number of hydrogen-bond acceptors (Lipinski definition) is 5. The number of rotatable bonds is 7. The van der Waals surface area contributed by atoms with E-state index in [9.17, 15) is 10.0 Å². The number of para-hydroxylation sites is 1. The van der Waals surface area contributed by atoms with Crippen LogP contribution in [0.15, 0.2) is 91.4 Å². The second kappa shape index (κ2) is 12.8. The summed E-state index contributed by atoms with van der Waals surface area (Å²) in [5.41, 5.74) is 7.22. The predicted molar refractivity (Wildman–Crippen MR) is 175 cm³/mol. The van der Waals surface area contributed by atoms with E-state index >= 15 is 0 Å². The van der Waals surface area contributed by atoms with Crippen molar-refractivity contribution in [3.8, 4) is 11.1 Å². The smallest absolute Gasteiger partial charge is 0.254 e. The summed E-state index contributed by atoms with van der Waals surface area (Å²) in [5.74, 6) is 0.130. The van der Waals surface area contributed by atoms with Gasteiger partial charge in [0.15, 0.2) is 12.4 Å². The zero-order chi connectivity index (χ0) is 30.7. The number of hydrogen-bond donors (Lipinski definition) is 0. The molecule has 2 aromatic heterocycles. The molecule has 7 heteroatoms. The second-order valence-electron chi connectivity index (χ2n) is 12.7. The van der Waals surface area contributed by atoms with Gasteiger partial charge in [-0.1, -0.05) is 36.4 Å². The predicted octanol–water partition coefficient (Wildman–Crippen LogP) is 6.16. The van der Waals surface area contributed by atoms with Crippen molar-refractivity contribution in [2.75, 3.05) is 31.1 Å². The van der Waals surface area contributed by atoms with Gasteiger partial charge < -0.3 is 15.0 Å². The molecule has 6 rings (SSSR count). The molecule has 0 bridgehead atoms. The first-order valence-electron chi connectivity index (χ1n) is 15.9. The van der Waals surface area contributed by atoms with Crippen molar-refractivity contribution in [2.45, 2.75) is 64.6 Å². The first kappa shape index (κ1) is 29.8. The third kappa shape index (κ3) is 6.34. The fraction of sp³-hybridized carbons (Fsp3) is 0.378. The summed E-state index contributed by atoms with van der Waals surface area (Å²) in [7, 11) is 0. The quantitative estimate of drug-likeness (QED) is 0.191. The number of aryl methyl sites for hydroxylation is 2. The Morgan fingerprint density at radius 2 is 1.55 bits per heavy atom. The molecule has 2 aliphatic rings. The van der Waals surface area contributed by atoms with E-state index in [2.05, 4.69) is 81.2 Å². The number of benzene rings is 2. The summed E-state index contributed by atoms with van der Waals surface area (Å²) in [4.78, 5) is 25.7. The maximum absolute atomic E-state index is 13.8. The van der Waals surface area contributed by atoms with Crippen LogP contribution in [0.4, 0.5) is 5.69 Å². The SMILES string of the molecule is Cc1cc(-c2cc[n+]([O-])cc2)cc(C)c1C(=O)N1CCC(C)(N2CCC(N(Cc3ccccn3)c3ccccc3)CC2)CC1. The van der Waals surface area contributed by atoms with Gasteiger partial charge >= 0.3 is 0 Å². The summed E-state index contributed by atoms with van der Waals surface area (Å²) in [5, 5.41) is 11.5. The van der Waals surface area contributed by atoms with E-state index in [4.69, 9.17) is 0 Å². The molecule has 0 N–H and O–H groups in total. The van der Waals surface area contributed by atoms with Crippen molar-refractivity contribution in [3.63, 3.8) is 0 Å². The highest BCUT2D eigenvalue weighted by Gasteiger charge is 2.39. The summed E-state index contributed by atoms with van der Waals surface area (Å²) >= 11 is 0. The maximum Gasteiger partial charge on any atom is 0.254 e. The van der Waals surface area contributed by atoms with Crippen molar-refractivity contribution >= 4 is 11.6 Å². The molecule has 7 nitrogen and oxygen atoms in total. The van der Waals surface area contributed by atoms with Crippen LogP contribution in [0, 0.1) is 19.1 Å². The third-order valence-corrected chi connectivity index (χ3v) is 9.82. The molecule has 2 aliphatic heterocycles. The normalized spacial score (nSPS) is 17.4. The molecule has 0 radical (unpaired) electrons. The van der Waals surface area contributed by atoms with Gasteiger partial charge in [0.05, 0.1) is 12.2 Å². The number of carbonyl (C=O) groups is 1. The molecule has 44 heavy (non-hydrogen) atoms. The van der Waals surface area contributed by atoms with Crippen LogP contribution in [0.1, 0.15) is 59.8 Å². The van der Waals surface area contributed by atoms with Gasteiger partial charge in [-0.05, 0) is 93.0 Å². The van der Waals surface area contributed by atoms with Gasteiger partial charge in [0, 0.05) is 67.3 Å². The Labute approximate surface area is 261 Å². The largest absolute Gasteiger partial charge is 0.619 e. The minimum absolute atomic E-state index is 0.0972. The van der Waals surface area contributed by atoms with Crippen LogP contribution in [0.3, 0.4) is 0 Å². The fourth-order valence-electron chi connectivity index (χ4n) is 7.17. The molecule has 2 fully saturated rings. The molecule has 4 heterocycles.